The summed E-state index contributed by atoms with van der Waals surface area (Å²) in [7, 11) is 1.69. The number of methoxy groups -OCH3 is 1. The van der Waals surface area contributed by atoms with Gasteiger partial charge in [0.05, 0.1) is 11.6 Å². The van der Waals surface area contributed by atoms with Gasteiger partial charge in [0, 0.05) is 12.1 Å². The molecule has 1 N–H and O–H groups in total. The lowest BCUT2D eigenvalue weighted by molar-refractivity contribution is 0.412. The van der Waals surface area contributed by atoms with Gasteiger partial charge in [-0.2, -0.15) is 0 Å². The van der Waals surface area contributed by atoms with Crippen LogP contribution < -0.4 is 10.1 Å². The van der Waals surface area contributed by atoms with E-state index >= 15 is 0 Å². The molecule has 2 nitrogen and oxygen atoms in total. The van der Waals surface area contributed by atoms with Crippen molar-refractivity contribution in [2.24, 2.45) is 0 Å². The van der Waals surface area contributed by atoms with E-state index in [-0.39, 0.29) is 0 Å². The van der Waals surface area contributed by atoms with Crippen LogP contribution in [0.4, 0.5) is 0 Å². The largest absolute Gasteiger partial charge is 0.496 e. The Bertz CT molecular complexity index is 363. The van der Waals surface area contributed by atoms with Gasteiger partial charge in [-0.15, -0.1) is 0 Å². The van der Waals surface area contributed by atoms with Crippen LogP contribution >= 0.6 is 15.9 Å². The third kappa shape index (κ3) is 3.22. The van der Waals surface area contributed by atoms with Crippen LogP contribution in [0.25, 0.3) is 0 Å². The van der Waals surface area contributed by atoms with Crippen molar-refractivity contribution in [1.82, 2.24) is 5.32 Å². The molecule has 1 saturated carbocycles. The van der Waals surface area contributed by atoms with E-state index in [1.165, 1.54) is 18.4 Å². The molecule has 0 aliphatic heterocycles. The van der Waals surface area contributed by atoms with Crippen LogP contribution in [0, 0.1) is 0 Å². The smallest absolute Gasteiger partial charge is 0.133 e. The lowest BCUT2D eigenvalue weighted by Gasteiger charge is -2.14. The van der Waals surface area contributed by atoms with Crippen molar-refractivity contribution in [3.63, 3.8) is 0 Å². The van der Waals surface area contributed by atoms with Gasteiger partial charge in [0.1, 0.15) is 5.75 Å². The molecule has 1 aromatic carbocycles. The average Bonchev–Trinajstić information content (AvgIpc) is 3.01. The predicted octanol–water partition coefficient (Wildman–Crippen LogP) is 3.14. The van der Waals surface area contributed by atoms with Crippen molar-refractivity contribution in [3.05, 3.63) is 28.2 Å². The summed E-state index contributed by atoms with van der Waals surface area (Å²) in [6.07, 6.45) is 3.76. The zero-order chi connectivity index (χ0) is 11.5. The topological polar surface area (TPSA) is 21.3 Å². The Morgan fingerprint density at radius 2 is 2.25 bits per heavy atom. The second-order valence-corrected chi connectivity index (χ2v) is 5.37. The van der Waals surface area contributed by atoms with Crippen molar-refractivity contribution < 1.29 is 4.74 Å². The lowest BCUT2D eigenvalue weighted by Crippen LogP contribution is -2.29. The molecule has 3 heteroatoms. The van der Waals surface area contributed by atoms with Gasteiger partial charge in [-0.3, -0.25) is 0 Å². The van der Waals surface area contributed by atoms with Gasteiger partial charge >= 0.3 is 0 Å². The minimum absolute atomic E-state index is 0.549. The first-order chi connectivity index (χ1) is 7.69. The van der Waals surface area contributed by atoms with Gasteiger partial charge in [0.25, 0.3) is 0 Å². The van der Waals surface area contributed by atoms with Gasteiger partial charge in [-0.05, 0) is 59.8 Å². The summed E-state index contributed by atoms with van der Waals surface area (Å²) in [5.74, 6) is 0.895. The normalized spacial score (nSPS) is 17.2. The third-order valence-electron chi connectivity index (χ3n) is 2.86. The first-order valence-corrected chi connectivity index (χ1v) is 6.57. The van der Waals surface area contributed by atoms with E-state index in [1.807, 2.05) is 6.07 Å². The maximum Gasteiger partial charge on any atom is 0.133 e. The van der Waals surface area contributed by atoms with Crippen LogP contribution in [0.3, 0.4) is 0 Å². The minimum Gasteiger partial charge on any atom is -0.496 e. The molecule has 0 radical (unpaired) electrons. The molecule has 0 bridgehead atoms. The van der Waals surface area contributed by atoms with E-state index in [0.29, 0.717) is 6.04 Å². The van der Waals surface area contributed by atoms with Crippen molar-refractivity contribution in [2.75, 3.05) is 7.11 Å². The highest BCUT2D eigenvalue weighted by atomic mass is 79.9. The summed E-state index contributed by atoms with van der Waals surface area (Å²) in [6.45, 7) is 2.25. The Hall–Kier alpha value is -0.540. The number of rotatable bonds is 5. The summed E-state index contributed by atoms with van der Waals surface area (Å²) >= 11 is 3.52. The fourth-order valence-corrected chi connectivity index (χ4v) is 2.49. The zero-order valence-electron chi connectivity index (χ0n) is 9.79. The Balaban J connectivity index is 1.95. The van der Waals surface area contributed by atoms with E-state index in [9.17, 15) is 0 Å². The molecule has 16 heavy (non-hydrogen) atoms. The molecule has 0 aromatic heterocycles. The molecule has 0 heterocycles. The SMILES string of the molecule is COc1ccc(CC(C)NC2CC2)cc1Br. The van der Waals surface area contributed by atoms with Crippen molar-refractivity contribution in [1.29, 1.82) is 0 Å². The quantitative estimate of drug-likeness (QED) is 0.897. The first-order valence-electron chi connectivity index (χ1n) is 5.77. The van der Waals surface area contributed by atoms with Gasteiger partial charge in [0.15, 0.2) is 0 Å². The van der Waals surface area contributed by atoms with E-state index in [4.69, 9.17) is 4.74 Å². The summed E-state index contributed by atoms with van der Waals surface area (Å²) in [4.78, 5) is 0. The summed E-state index contributed by atoms with van der Waals surface area (Å²) in [5, 5.41) is 3.60. The molecule has 1 unspecified atom stereocenters. The van der Waals surface area contributed by atoms with Crippen molar-refractivity contribution in [3.8, 4) is 5.75 Å². The summed E-state index contributed by atoms with van der Waals surface area (Å²) < 4.78 is 6.25. The fraction of sp³-hybridized carbons (Fsp3) is 0.538. The number of ether oxygens (including phenoxy) is 1. The van der Waals surface area contributed by atoms with E-state index in [0.717, 1.165) is 22.7 Å². The van der Waals surface area contributed by atoms with Crippen molar-refractivity contribution in [2.45, 2.75) is 38.3 Å². The molecule has 0 saturated heterocycles. The van der Waals surface area contributed by atoms with Crippen LogP contribution in [0.1, 0.15) is 25.3 Å². The molecule has 0 amide bonds. The second kappa shape index (κ2) is 5.19. The highest BCUT2D eigenvalue weighted by Crippen LogP contribution is 2.26. The van der Waals surface area contributed by atoms with E-state index in [2.05, 4.69) is 40.3 Å². The summed E-state index contributed by atoms with van der Waals surface area (Å²) in [5.41, 5.74) is 1.34. The Kier molecular flexibility index (Phi) is 3.87. The highest BCUT2D eigenvalue weighted by molar-refractivity contribution is 9.10. The Labute approximate surface area is 106 Å². The third-order valence-corrected chi connectivity index (χ3v) is 3.48. The molecule has 0 spiro atoms. The Morgan fingerprint density at radius 1 is 1.50 bits per heavy atom. The number of hydrogen-bond acceptors (Lipinski definition) is 2. The molecular weight excluding hydrogens is 266 g/mol. The number of hydrogen-bond donors (Lipinski definition) is 1. The fourth-order valence-electron chi connectivity index (χ4n) is 1.90. The minimum atomic E-state index is 0.549. The number of halogens is 1. The van der Waals surface area contributed by atoms with Gasteiger partial charge in [0.2, 0.25) is 0 Å². The van der Waals surface area contributed by atoms with Crippen LogP contribution in [0.15, 0.2) is 22.7 Å². The average molecular weight is 284 g/mol. The van der Waals surface area contributed by atoms with Gasteiger partial charge < -0.3 is 10.1 Å². The van der Waals surface area contributed by atoms with E-state index in [1.54, 1.807) is 7.11 Å². The van der Waals surface area contributed by atoms with Gasteiger partial charge in [-0.1, -0.05) is 6.07 Å². The summed E-state index contributed by atoms with van der Waals surface area (Å²) in [6, 6.07) is 7.62. The molecule has 1 fully saturated rings. The maximum atomic E-state index is 5.22. The molecule has 2 rings (SSSR count). The molecule has 1 aliphatic carbocycles. The van der Waals surface area contributed by atoms with Crippen molar-refractivity contribution >= 4 is 15.9 Å². The standard InChI is InChI=1S/C13H18BrNO/c1-9(15-11-4-5-11)7-10-3-6-13(16-2)12(14)8-10/h3,6,8-9,11,15H,4-5,7H2,1-2H3. The number of benzene rings is 1. The van der Waals surface area contributed by atoms with E-state index < -0.39 is 0 Å². The van der Waals surface area contributed by atoms with Crippen LogP contribution in [0.5, 0.6) is 5.75 Å². The highest BCUT2D eigenvalue weighted by Gasteiger charge is 2.22. The molecular formula is C13H18BrNO. The first kappa shape index (κ1) is 11.9. The Morgan fingerprint density at radius 3 is 2.81 bits per heavy atom. The van der Waals surface area contributed by atoms with Crippen LogP contribution in [0.2, 0.25) is 0 Å². The van der Waals surface area contributed by atoms with Crippen LogP contribution in [-0.4, -0.2) is 19.2 Å². The lowest BCUT2D eigenvalue weighted by atomic mass is 10.1. The zero-order valence-corrected chi connectivity index (χ0v) is 11.4. The monoisotopic (exact) mass is 283 g/mol. The molecule has 1 atom stereocenters. The van der Waals surface area contributed by atoms with Crippen LogP contribution in [-0.2, 0) is 6.42 Å². The molecule has 88 valence electrons. The van der Waals surface area contributed by atoms with Gasteiger partial charge in [-0.25, -0.2) is 0 Å². The number of nitrogens with one attached hydrogen (secondary N) is 1. The maximum absolute atomic E-state index is 5.22. The molecule has 1 aliphatic rings. The predicted molar refractivity (Wildman–Crippen MR) is 70.0 cm³/mol. The molecule has 1 aromatic rings. The second-order valence-electron chi connectivity index (χ2n) is 4.52.